The van der Waals surface area contributed by atoms with Crippen molar-refractivity contribution in [3.8, 4) is 0 Å². The third-order valence-electron chi connectivity index (χ3n) is 5.80. The first-order valence-electron chi connectivity index (χ1n) is 12.0. The summed E-state index contributed by atoms with van der Waals surface area (Å²) in [4.78, 5) is 35.7. The summed E-state index contributed by atoms with van der Waals surface area (Å²) in [5, 5.41) is 14.0. The first-order valence-corrected chi connectivity index (χ1v) is 13.5. The number of nitrogens with zero attached hydrogens (tertiary/aromatic N) is 1. The Morgan fingerprint density at radius 3 is 2.29 bits per heavy atom. The Balaban J connectivity index is 1.89. The third-order valence-corrected chi connectivity index (χ3v) is 7.18. The lowest BCUT2D eigenvalue weighted by atomic mass is 9.94. The number of amides is 1. The molecule has 0 saturated heterocycles. The fourth-order valence-electron chi connectivity index (χ4n) is 3.97. The van der Waals surface area contributed by atoms with Crippen LogP contribution in [0.5, 0.6) is 0 Å². The minimum atomic E-state index is -4.15. The molecule has 0 aromatic heterocycles. The zero-order valence-electron chi connectivity index (χ0n) is 21.0. The van der Waals surface area contributed by atoms with Gasteiger partial charge in [0.2, 0.25) is 5.91 Å². The summed E-state index contributed by atoms with van der Waals surface area (Å²) in [6.45, 7) is 3.74. The van der Waals surface area contributed by atoms with Gasteiger partial charge in [0.15, 0.2) is 0 Å². The van der Waals surface area contributed by atoms with Crippen molar-refractivity contribution in [1.82, 2.24) is 5.32 Å². The molecule has 1 amide bonds. The van der Waals surface area contributed by atoms with Gasteiger partial charge >= 0.3 is 5.97 Å². The first kappa shape index (κ1) is 28.3. The predicted molar refractivity (Wildman–Crippen MR) is 142 cm³/mol. The first-order chi connectivity index (χ1) is 18.1. The van der Waals surface area contributed by atoms with E-state index in [1.54, 1.807) is 19.1 Å². The number of esters is 1. The molecule has 2 unspecified atom stereocenters. The van der Waals surface area contributed by atoms with Crippen LogP contribution in [0.2, 0.25) is 0 Å². The van der Waals surface area contributed by atoms with Crippen molar-refractivity contribution in [1.29, 1.82) is 0 Å². The van der Waals surface area contributed by atoms with E-state index in [4.69, 9.17) is 4.74 Å². The molecule has 0 aliphatic heterocycles. The summed E-state index contributed by atoms with van der Waals surface area (Å²) in [7, 11) is -4.15. The molecule has 38 heavy (non-hydrogen) atoms. The van der Waals surface area contributed by atoms with Crippen LogP contribution in [0.3, 0.4) is 0 Å². The number of hydrogen-bond donors (Lipinski definition) is 2. The van der Waals surface area contributed by atoms with E-state index in [1.807, 2.05) is 37.3 Å². The van der Waals surface area contributed by atoms with E-state index < -0.39 is 32.9 Å². The number of benzene rings is 3. The van der Waals surface area contributed by atoms with E-state index in [9.17, 15) is 28.1 Å². The van der Waals surface area contributed by atoms with Crippen molar-refractivity contribution in [2.75, 3.05) is 11.3 Å². The van der Waals surface area contributed by atoms with Crippen molar-refractivity contribution in [3.05, 3.63) is 100 Å². The summed E-state index contributed by atoms with van der Waals surface area (Å²) in [6.07, 6.45) is 0.372. The molecule has 0 aliphatic rings. The Morgan fingerprint density at radius 2 is 1.63 bits per heavy atom. The highest BCUT2D eigenvalue weighted by Crippen LogP contribution is 2.27. The van der Waals surface area contributed by atoms with Crippen LogP contribution in [0.4, 0.5) is 11.4 Å². The molecule has 0 fully saturated rings. The van der Waals surface area contributed by atoms with Crippen LogP contribution < -0.4 is 10.0 Å². The molecule has 0 radical (unpaired) electrons. The number of carbonyl (C=O) groups excluding carboxylic acids is 2. The summed E-state index contributed by atoms with van der Waals surface area (Å²) in [5.74, 6) is -1.25. The monoisotopic (exact) mass is 539 g/mol. The van der Waals surface area contributed by atoms with Gasteiger partial charge in [0.25, 0.3) is 15.7 Å². The van der Waals surface area contributed by atoms with E-state index in [0.29, 0.717) is 12.0 Å². The fraction of sp³-hybridized carbons (Fsp3) is 0.259. The molecule has 2 N–H and O–H groups in total. The zero-order chi connectivity index (χ0) is 27.7. The fourth-order valence-corrected chi connectivity index (χ4v) is 5.05. The van der Waals surface area contributed by atoms with Gasteiger partial charge in [-0.2, -0.15) is 0 Å². The van der Waals surface area contributed by atoms with E-state index in [2.05, 4.69) is 10.0 Å². The van der Waals surface area contributed by atoms with Crippen LogP contribution in [-0.4, -0.2) is 31.8 Å². The lowest BCUT2D eigenvalue weighted by molar-refractivity contribution is -0.385. The van der Waals surface area contributed by atoms with E-state index >= 15 is 0 Å². The Bertz CT molecular complexity index is 1390. The largest absolute Gasteiger partial charge is 0.466 e. The minimum Gasteiger partial charge on any atom is -0.466 e. The summed E-state index contributed by atoms with van der Waals surface area (Å²) < 4.78 is 33.3. The lowest BCUT2D eigenvalue weighted by Crippen LogP contribution is -2.34. The van der Waals surface area contributed by atoms with Gasteiger partial charge in [-0.3, -0.25) is 24.4 Å². The number of non-ortho nitro benzene ring substituents is 1. The topological polar surface area (TPSA) is 145 Å². The van der Waals surface area contributed by atoms with E-state index in [0.717, 1.165) is 11.6 Å². The molecular weight excluding hydrogens is 510 g/mol. The lowest BCUT2D eigenvalue weighted by Gasteiger charge is -2.23. The molecule has 0 aliphatic carbocycles. The van der Waals surface area contributed by atoms with Crippen LogP contribution >= 0.6 is 0 Å². The van der Waals surface area contributed by atoms with Gasteiger partial charge in [-0.1, -0.05) is 55.5 Å². The Kier molecular flexibility index (Phi) is 9.55. The van der Waals surface area contributed by atoms with Crippen molar-refractivity contribution in [3.63, 3.8) is 0 Å². The van der Waals surface area contributed by atoms with Gasteiger partial charge in [-0.15, -0.1) is 0 Å². The second-order valence-corrected chi connectivity index (χ2v) is 10.1. The van der Waals surface area contributed by atoms with Crippen molar-refractivity contribution in [2.24, 2.45) is 0 Å². The van der Waals surface area contributed by atoms with Gasteiger partial charge in [-0.05, 0) is 42.7 Å². The van der Waals surface area contributed by atoms with Crippen molar-refractivity contribution in [2.45, 2.75) is 43.5 Å². The second kappa shape index (κ2) is 12.8. The van der Waals surface area contributed by atoms with Crippen LogP contribution in [0.25, 0.3) is 0 Å². The van der Waals surface area contributed by atoms with Crippen LogP contribution in [0, 0.1) is 10.1 Å². The molecular formula is C27H29N3O7S. The quantitative estimate of drug-likeness (QED) is 0.193. The maximum Gasteiger partial charge on any atom is 0.308 e. The summed E-state index contributed by atoms with van der Waals surface area (Å²) in [6, 6.07) is 19.4. The maximum absolute atomic E-state index is 13.3. The number of nitro benzene ring substituents is 1. The van der Waals surface area contributed by atoms with Crippen LogP contribution in [0.1, 0.15) is 49.8 Å². The van der Waals surface area contributed by atoms with Gasteiger partial charge in [0.1, 0.15) is 0 Å². The van der Waals surface area contributed by atoms with Gasteiger partial charge in [0.05, 0.1) is 34.8 Å². The van der Waals surface area contributed by atoms with Crippen LogP contribution in [-0.2, 0) is 24.3 Å². The average molecular weight is 540 g/mol. The summed E-state index contributed by atoms with van der Waals surface area (Å²) >= 11 is 0. The van der Waals surface area contributed by atoms with Crippen LogP contribution in [0.15, 0.2) is 83.8 Å². The normalized spacial score (nSPS) is 12.7. The number of sulfonamides is 1. The number of hydrogen-bond acceptors (Lipinski definition) is 7. The van der Waals surface area contributed by atoms with Gasteiger partial charge in [-0.25, -0.2) is 8.42 Å². The Hall–Kier alpha value is -4.25. The van der Waals surface area contributed by atoms with E-state index in [1.165, 1.54) is 30.3 Å². The molecule has 2 atom stereocenters. The molecule has 3 aromatic carbocycles. The molecule has 0 bridgehead atoms. The number of anilines is 1. The minimum absolute atomic E-state index is 0.159. The zero-order valence-corrected chi connectivity index (χ0v) is 21.8. The molecule has 0 heterocycles. The molecule has 3 aromatic rings. The molecule has 10 nitrogen and oxygen atoms in total. The molecule has 11 heteroatoms. The third kappa shape index (κ3) is 7.39. The Morgan fingerprint density at radius 1 is 0.947 bits per heavy atom. The average Bonchev–Trinajstić information content (AvgIpc) is 2.89. The number of nitro groups is 1. The molecule has 0 saturated carbocycles. The highest BCUT2D eigenvalue weighted by Gasteiger charge is 2.25. The second-order valence-electron chi connectivity index (χ2n) is 8.43. The SMILES string of the molecule is CCOC(=O)CC(NC(=O)C(CC)c1ccccc1)c1cccc(NS(=O)(=O)c2cccc([N+](=O)[O-])c2)c1. The number of carbonyl (C=O) groups is 2. The highest BCUT2D eigenvalue weighted by atomic mass is 32.2. The molecule has 0 spiro atoms. The molecule has 3 rings (SSSR count). The molecule has 200 valence electrons. The van der Waals surface area contributed by atoms with Gasteiger partial charge < -0.3 is 10.1 Å². The maximum atomic E-state index is 13.3. The Labute approximate surface area is 221 Å². The highest BCUT2D eigenvalue weighted by molar-refractivity contribution is 7.92. The van der Waals surface area contributed by atoms with E-state index in [-0.39, 0.29) is 35.2 Å². The van der Waals surface area contributed by atoms with Crippen molar-refractivity contribution < 1.29 is 27.7 Å². The number of rotatable bonds is 12. The van der Waals surface area contributed by atoms with Crippen molar-refractivity contribution >= 4 is 33.3 Å². The van der Waals surface area contributed by atoms with Gasteiger partial charge in [0, 0.05) is 17.8 Å². The smallest absolute Gasteiger partial charge is 0.308 e. The predicted octanol–water partition coefficient (Wildman–Crippen LogP) is 4.70. The number of ether oxygens (including phenoxy) is 1. The number of nitrogens with one attached hydrogen (secondary N) is 2. The standard InChI is InChI=1S/C27H29N3O7S/c1-3-24(19-10-6-5-7-11-19)27(32)28-25(18-26(31)37-4-2)20-12-8-13-21(16-20)29-38(35,36)23-15-9-14-22(17-23)30(33)34/h5-17,24-25,29H,3-4,18H2,1-2H3,(H,28,32). The summed E-state index contributed by atoms with van der Waals surface area (Å²) in [5.41, 5.74) is 1.12.